The normalized spacial score (nSPS) is 10.6. The molecule has 0 aliphatic rings. The van der Waals surface area contributed by atoms with Crippen molar-refractivity contribution >= 4 is 33.4 Å². The summed E-state index contributed by atoms with van der Waals surface area (Å²) >= 11 is 4.95. The van der Waals surface area contributed by atoms with Gasteiger partial charge in [-0.15, -0.1) is 0 Å². The molecule has 0 saturated heterocycles. The number of hydrogen-bond acceptors (Lipinski definition) is 4. The molecule has 0 fully saturated rings. The highest BCUT2D eigenvalue weighted by atomic mass is 79.9. The Morgan fingerprint density at radius 2 is 2.22 bits per heavy atom. The Morgan fingerprint density at radius 1 is 1.44 bits per heavy atom. The van der Waals surface area contributed by atoms with Gasteiger partial charge in [0.25, 0.3) is 5.56 Å². The summed E-state index contributed by atoms with van der Waals surface area (Å²) in [5, 5.41) is 0.628. The molecule has 1 aromatic carbocycles. The fourth-order valence-corrected chi connectivity index (χ4v) is 3.09. The van der Waals surface area contributed by atoms with E-state index in [1.54, 1.807) is 6.92 Å². The molecule has 0 radical (unpaired) electrons. The molecule has 4 nitrogen and oxygen atoms in total. The average molecular weight is 326 g/mol. The summed E-state index contributed by atoms with van der Waals surface area (Å²) in [5.41, 5.74) is 8.10. The van der Waals surface area contributed by atoms with Crippen molar-refractivity contribution in [1.29, 1.82) is 0 Å². The van der Waals surface area contributed by atoms with E-state index in [2.05, 4.69) is 25.9 Å². The third-order valence-corrected chi connectivity index (χ3v) is 3.95. The maximum atomic E-state index is 11.3. The van der Waals surface area contributed by atoms with E-state index < -0.39 is 0 Å². The van der Waals surface area contributed by atoms with Crippen molar-refractivity contribution < 1.29 is 0 Å². The van der Waals surface area contributed by atoms with Crippen molar-refractivity contribution in [2.45, 2.75) is 17.8 Å². The van der Waals surface area contributed by atoms with Gasteiger partial charge in [-0.1, -0.05) is 33.8 Å². The standard InChI is InChI=1S/C12H12BrN3OS/c1-7-4-11(17)16-12(15-7)18-6-8-2-3-9(14)5-10(8)13/h2-5H,6,14H2,1H3,(H,15,16,17). The van der Waals surface area contributed by atoms with Crippen LogP contribution in [-0.2, 0) is 5.75 Å². The molecular weight excluding hydrogens is 314 g/mol. The zero-order valence-electron chi connectivity index (χ0n) is 9.74. The van der Waals surface area contributed by atoms with Crippen molar-refractivity contribution in [3.63, 3.8) is 0 Å². The topological polar surface area (TPSA) is 71.8 Å². The number of anilines is 1. The highest BCUT2D eigenvalue weighted by Crippen LogP contribution is 2.26. The number of hydrogen-bond donors (Lipinski definition) is 2. The molecule has 1 heterocycles. The molecule has 2 rings (SSSR count). The first-order valence-corrected chi connectivity index (χ1v) is 7.07. The van der Waals surface area contributed by atoms with E-state index >= 15 is 0 Å². The molecule has 0 bridgehead atoms. The molecule has 0 aliphatic carbocycles. The Labute approximate surface area is 117 Å². The van der Waals surface area contributed by atoms with Gasteiger partial charge in [-0.3, -0.25) is 4.79 Å². The van der Waals surface area contributed by atoms with E-state index in [9.17, 15) is 4.79 Å². The Balaban J connectivity index is 2.13. The predicted molar refractivity (Wildman–Crippen MR) is 77.7 cm³/mol. The number of nitrogens with zero attached hydrogens (tertiary/aromatic N) is 1. The highest BCUT2D eigenvalue weighted by Gasteiger charge is 2.04. The summed E-state index contributed by atoms with van der Waals surface area (Å²) in [4.78, 5) is 18.3. The van der Waals surface area contributed by atoms with Crippen molar-refractivity contribution in [3.8, 4) is 0 Å². The van der Waals surface area contributed by atoms with Crippen LogP contribution >= 0.6 is 27.7 Å². The number of thioether (sulfide) groups is 1. The van der Waals surface area contributed by atoms with Crippen molar-refractivity contribution in [3.05, 3.63) is 50.3 Å². The molecule has 2 aromatic rings. The highest BCUT2D eigenvalue weighted by molar-refractivity contribution is 9.10. The summed E-state index contributed by atoms with van der Waals surface area (Å²) in [6, 6.07) is 7.15. The number of rotatable bonds is 3. The molecule has 0 atom stereocenters. The van der Waals surface area contributed by atoms with Crippen LogP contribution in [0.4, 0.5) is 5.69 Å². The Hall–Kier alpha value is -1.27. The third kappa shape index (κ3) is 3.36. The van der Waals surface area contributed by atoms with Crippen molar-refractivity contribution in [2.24, 2.45) is 0 Å². The number of aromatic nitrogens is 2. The number of halogens is 1. The van der Waals surface area contributed by atoms with Crippen LogP contribution < -0.4 is 11.3 Å². The molecule has 0 amide bonds. The molecule has 3 N–H and O–H groups in total. The SMILES string of the molecule is Cc1cc(=O)[nH]c(SCc2ccc(N)cc2Br)n1. The van der Waals surface area contributed by atoms with Gasteiger partial charge >= 0.3 is 0 Å². The van der Waals surface area contributed by atoms with E-state index in [0.717, 1.165) is 21.4 Å². The van der Waals surface area contributed by atoms with Crippen LogP contribution in [0.5, 0.6) is 0 Å². The van der Waals surface area contributed by atoms with Gasteiger partial charge in [0.2, 0.25) is 0 Å². The molecule has 94 valence electrons. The van der Waals surface area contributed by atoms with Crippen LogP contribution in [0.1, 0.15) is 11.3 Å². The van der Waals surface area contributed by atoms with E-state index in [4.69, 9.17) is 5.73 Å². The first kappa shape index (κ1) is 13.2. The minimum absolute atomic E-state index is 0.124. The average Bonchev–Trinajstić information content (AvgIpc) is 2.26. The first-order chi connectivity index (χ1) is 8.54. The van der Waals surface area contributed by atoms with Gasteiger partial charge in [0.15, 0.2) is 5.16 Å². The molecular formula is C12H12BrN3OS. The van der Waals surface area contributed by atoms with Crippen molar-refractivity contribution in [1.82, 2.24) is 9.97 Å². The van der Waals surface area contributed by atoms with Gasteiger partial charge in [-0.05, 0) is 24.6 Å². The molecule has 6 heteroatoms. The second-order valence-electron chi connectivity index (χ2n) is 3.83. The lowest BCUT2D eigenvalue weighted by atomic mass is 10.2. The van der Waals surface area contributed by atoms with Gasteiger partial charge in [0, 0.05) is 27.7 Å². The van der Waals surface area contributed by atoms with Gasteiger partial charge in [-0.2, -0.15) is 0 Å². The molecule has 0 aliphatic heterocycles. The van der Waals surface area contributed by atoms with Gasteiger partial charge in [-0.25, -0.2) is 4.98 Å². The van der Waals surface area contributed by atoms with E-state index in [1.807, 2.05) is 18.2 Å². The maximum absolute atomic E-state index is 11.3. The van der Waals surface area contributed by atoms with Crippen LogP contribution in [0.3, 0.4) is 0 Å². The summed E-state index contributed by atoms with van der Waals surface area (Å²) in [6.07, 6.45) is 0. The molecule has 0 saturated carbocycles. The lowest BCUT2D eigenvalue weighted by Gasteiger charge is -2.05. The molecule has 0 spiro atoms. The number of nitrogens with two attached hydrogens (primary N) is 1. The number of nitrogen functional groups attached to an aromatic ring is 1. The van der Waals surface area contributed by atoms with Gasteiger partial charge < -0.3 is 10.7 Å². The maximum Gasteiger partial charge on any atom is 0.251 e. The van der Waals surface area contributed by atoms with Crippen LogP contribution in [0.25, 0.3) is 0 Å². The lowest BCUT2D eigenvalue weighted by molar-refractivity contribution is 0.905. The number of aryl methyl sites for hydroxylation is 1. The van der Waals surface area contributed by atoms with Gasteiger partial charge in [0.05, 0.1) is 0 Å². The Kier molecular flexibility index (Phi) is 4.08. The summed E-state index contributed by atoms with van der Waals surface area (Å²) in [7, 11) is 0. The number of nitrogens with one attached hydrogen (secondary N) is 1. The van der Waals surface area contributed by atoms with Crippen LogP contribution in [0.2, 0.25) is 0 Å². The van der Waals surface area contributed by atoms with E-state index in [0.29, 0.717) is 10.9 Å². The predicted octanol–water partition coefficient (Wildman–Crippen LogP) is 2.72. The number of benzene rings is 1. The quantitative estimate of drug-likeness (QED) is 0.517. The van der Waals surface area contributed by atoms with E-state index in [-0.39, 0.29) is 5.56 Å². The Morgan fingerprint density at radius 3 is 2.89 bits per heavy atom. The van der Waals surface area contributed by atoms with Crippen LogP contribution in [-0.4, -0.2) is 9.97 Å². The smallest absolute Gasteiger partial charge is 0.251 e. The zero-order chi connectivity index (χ0) is 13.1. The lowest BCUT2D eigenvalue weighted by Crippen LogP contribution is -2.08. The number of aromatic amines is 1. The Bertz CT molecular complexity index is 627. The molecule has 0 unspecified atom stereocenters. The van der Waals surface area contributed by atoms with Gasteiger partial charge in [0.1, 0.15) is 0 Å². The molecule has 18 heavy (non-hydrogen) atoms. The first-order valence-electron chi connectivity index (χ1n) is 5.29. The van der Waals surface area contributed by atoms with Crippen LogP contribution in [0, 0.1) is 6.92 Å². The fourth-order valence-electron chi connectivity index (χ4n) is 1.45. The fraction of sp³-hybridized carbons (Fsp3) is 0.167. The number of H-pyrrole nitrogens is 1. The molecule has 1 aromatic heterocycles. The van der Waals surface area contributed by atoms with Crippen LogP contribution in [0.15, 0.2) is 38.7 Å². The minimum atomic E-state index is -0.124. The van der Waals surface area contributed by atoms with E-state index in [1.165, 1.54) is 17.8 Å². The summed E-state index contributed by atoms with van der Waals surface area (Å²) in [5.74, 6) is 0.716. The van der Waals surface area contributed by atoms with Crippen molar-refractivity contribution in [2.75, 3.05) is 5.73 Å². The summed E-state index contributed by atoms with van der Waals surface area (Å²) < 4.78 is 0.963. The summed E-state index contributed by atoms with van der Waals surface area (Å²) in [6.45, 7) is 1.80. The zero-order valence-corrected chi connectivity index (χ0v) is 12.1. The second kappa shape index (κ2) is 5.58. The second-order valence-corrected chi connectivity index (χ2v) is 5.65. The largest absolute Gasteiger partial charge is 0.399 e. The monoisotopic (exact) mass is 325 g/mol. The third-order valence-electron chi connectivity index (χ3n) is 2.29. The minimum Gasteiger partial charge on any atom is -0.399 e.